The maximum Gasteiger partial charge on any atom is 0.251 e. The van der Waals surface area contributed by atoms with Gasteiger partial charge in [-0.25, -0.2) is 9.55 Å². The maximum absolute atomic E-state index is 4.44. The lowest BCUT2D eigenvalue weighted by Crippen LogP contribution is -2.29. The molecule has 4 nitrogen and oxygen atoms in total. The Morgan fingerprint density at radius 3 is 3.26 bits per heavy atom. The van der Waals surface area contributed by atoms with Crippen LogP contribution < -0.4 is 4.57 Å². The van der Waals surface area contributed by atoms with Crippen molar-refractivity contribution in [1.82, 2.24) is 14.4 Å². The molecule has 0 amide bonds. The Balaban J connectivity index is 1.97. The largest absolute Gasteiger partial charge is 0.264 e. The van der Waals surface area contributed by atoms with Crippen molar-refractivity contribution in [2.24, 2.45) is 0 Å². The lowest BCUT2D eigenvalue weighted by molar-refractivity contribution is -0.671. The molecule has 5 heteroatoms. The topological polar surface area (TPSA) is 34.1 Å². The van der Waals surface area contributed by atoms with E-state index in [1.165, 1.54) is 27.2 Å². The lowest BCUT2D eigenvalue weighted by Gasteiger charge is -1.91. The molecule has 0 unspecified atom stereocenters. The number of hydrogen-bond donors (Lipinski definition) is 0. The fourth-order valence-corrected chi connectivity index (χ4v) is 3.97. The van der Waals surface area contributed by atoms with Crippen molar-refractivity contribution >= 4 is 26.5 Å². The predicted octanol–water partition coefficient (Wildman–Crippen LogP) is 2.26. The summed E-state index contributed by atoms with van der Waals surface area (Å²) in [6.07, 6.45) is 7.85. The molecule has 1 aliphatic heterocycles. The van der Waals surface area contributed by atoms with E-state index in [0.29, 0.717) is 0 Å². The Morgan fingerprint density at radius 2 is 2.26 bits per heavy atom. The molecule has 0 fully saturated rings. The van der Waals surface area contributed by atoms with Gasteiger partial charge in [-0.3, -0.25) is 4.98 Å². The highest BCUT2D eigenvalue weighted by Crippen LogP contribution is 2.35. The average Bonchev–Trinajstić information content (AvgIpc) is 3.05. The number of thiazole rings is 1. The Labute approximate surface area is 112 Å². The van der Waals surface area contributed by atoms with Gasteiger partial charge in [-0.1, -0.05) is 11.3 Å². The van der Waals surface area contributed by atoms with Crippen LogP contribution in [0, 0.1) is 0 Å². The van der Waals surface area contributed by atoms with E-state index in [1.807, 2.05) is 24.7 Å². The normalized spacial score (nSPS) is 13.1. The third-order valence-electron chi connectivity index (χ3n) is 3.67. The summed E-state index contributed by atoms with van der Waals surface area (Å²) in [5.41, 5.74) is 5.04. The zero-order valence-electron chi connectivity index (χ0n) is 9.95. The fraction of sp³-hybridized carbons (Fsp3) is 0.0714. The SMILES string of the molecule is c1cnc2sc3c4[n+](cn3c2c1)Cc1ccncc1-4. The first kappa shape index (κ1) is 9.63. The van der Waals surface area contributed by atoms with Crippen LogP contribution in [0.15, 0.2) is 43.1 Å². The monoisotopic (exact) mass is 265 g/mol. The van der Waals surface area contributed by atoms with Crippen LogP contribution >= 0.6 is 11.3 Å². The molecule has 0 radical (unpaired) electrons. The van der Waals surface area contributed by atoms with Crippen molar-refractivity contribution < 1.29 is 4.57 Å². The molecular formula is C14H9N4S+. The molecule has 5 rings (SSSR count). The van der Waals surface area contributed by atoms with Crippen molar-refractivity contribution in [3.63, 3.8) is 0 Å². The number of imidazole rings is 1. The second-order valence-corrected chi connectivity index (χ2v) is 5.71. The van der Waals surface area contributed by atoms with E-state index in [0.717, 1.165) is 11.4 Å². The van der Waals surface area contributed by atoms with Crippen molar-refractivity contribution in [1.29, 1.82) is 0 Å². The molecule has 0 saturated heterocycles. The minimum atomic E-state index is 0.934. The summed E-state index contributed by atoms with van der Waals surface area (Å²) in [5.74, 6) is 0. The molecule has 0 atom stereocenters. The second-order valence-electron chi connectivity index (χ2n) is 4.73. The molecular weight excluding hydrogens is 256 g/mol. The Hall–Kier alpha value is -2.27. The van der Waals surface area contributed by atoms with Gasteiger partial charge in [-0.05, 0) is 18.2 Å². The predicted molar refractivity (Wildman–Crippen MR) is 73.1 cm³/mol. The van der Waals surface area contributed by atoms with E-state index >= 15 is 0 Å². The van der Waals surface area contributed by atoms with Crippen LogP contribution in [0.5, 0.6) is 0 Å². The second kappa shape index (κ2) is 3.19. The van der Waals surface area contributed by atoms with Crippen molar-refractivity contribution in [3.8, 4) is 11.3 Å². The average molecular weight is 265 g/mol. The molecule has 0 aromatic carbocycles. The summed E-state index contributed by atoms with van der Waals surface area (Å²) in [4.78, 5) is 11.0. The van der Waals surface area contributed by atoms with Crippen LogP contribution in [-0.4, -0.2) is 14.4 Å². The summed E-state index contributed by atoms with van der Waals surface area (Å²) < 4.78 is 4.53. The van der Waals surface area contributed by atoms with Crippen molar-refractivity contribution in [2.45, 2.75) is 6.54 Å². The molecule has 90 valence electrons. The molecule has 0 saturated carbocycles. The summed E-state index contributed by atoms with van der Waals surface area (Å²) in [6, 6.07) is 6.20. The molecule has 1 aliphatic rings. The third-order valence-corrected chi connectivity index (χ3v) is 4.77. The standard InChI is InChI=1S/C14H9N4S/c1-2-11-13(16-4-1)19-14-12-10-6-15-5-3-9(10)7-17(12)8-18(11)14/h1-6,8H,7H2/q+1. The van der Waals surface area contributed by atoms with E-state index in [2.05, 4.69) is 37.4 Å². The molecule has 19 heavy (non-hydrogen) atoms. The van der Waals surface area contributed by atoms with Gasteiger partial charge >= 0.3 is 0 Å². The van der Waals surface area contributed by atoms with Crippen LogP contribution in [0.4, 0.5) is 0 Å². The smallest absolute Gasteiger partial charge is 0.251 e. The number of aromatic nitrogens is 4. The van der Waals surface area contributed by atoms with E-state index < -0.39 is 0 Å². The fourth-order valence-electron chi connectivity index (χ4n) is 2.84. The van der Waals surface area contributed by atoms with Crippen LogP contribution in [0.2, 0.25) is 0 Å². The zero-order valence-corrected chi connectivity index (χ0v) is 10.8. The summed E-state index contributed by atoms with van der Waals surface area (Å²) in [6.45, 7) is 0.934. The Kier molecular flexibility index (Phi) is 1.62. The van der Waals surface area contributed by atoms with Gasteiger partial charge in [0.15, 0.2) is 16.0 Å². The summed E-state index contributed by atoms with van der Waals surface area (Å²) in [5, 5.41) is 0. The molecule has 5 heterocycles. The van der Waals surface area contributed by atoms with E-state index in [4.69, 9.17) is 0 Å². The molecule has 4 aromatic heterocycles. The molecule has 0 spiro atoms. The van der Waals surface area contributed by atoms with E-state index in [-0.39, 0.29) is 0 Å². The number of nitrogens with zero attached hydrogens (tertiary/aromatic N) is 4. The first-order chi connectivity index (χ1) is 9.42. The number of hydrogen-bond acceptors (Lipinski definition) is 3. The molecule has 0 aliphatic carbocycles. The summed E-state index contributed by atoms with van der Waals surface area (Å²) in [7, 11) is 0. The van der Waals surface area contributed by atoms with Gasteiger partial charge in [-0.2, -0.15) is 4.40 Å². The highest BCUT2D eigenvalue weighted by atomic mass is 32.1. The van der Waals surface area contributed by atoms with Gasteiger partial charge in [0.25, 0.3) is 6.33 Å². The van der Waals surface area contributed by atoms with Crippen molar-refractivity contribution in [2.75, 3.05) is 0 Å². The Bertz CT molecular complexity index is 951. The van der Waals surface area contributed by atoms with Gasteiger partial charge in [0.05, 0.1) is 5.56 Å². The quantitative estimate of drug-likeness (QED) is 0.402. The zero-order chi connectivity index (χ0) is 12.4. The first-order valence-electron chi connectivity index (χ1n) is 6.13. The minimum absolute atomic E-state index is 0.934. The first-order valence-corrected chi connectivity index (χ1v) is 6.95. The number of rotatable bonds is 0. The van der Waals surface area contributed by atoms with Crippen LogP contribution in [0.1, 0.15) is 5.56 Å². The van der Waals surface area contributed by atoms with Gasteiger partial charge < -0.3 is 0 Å². The number of fused-ring (bicyclic) bond motifs is 7. The van der Waals surface area contributed by atoms with Gasteiger partial charge in [-0.15, -0.1) is 0 Å². The number of pyridine rings is 2. The van der Waals surface area contributed by atoms with Crippen LogP contribution in [-0.2, 0) is 6.54 Å². The molecule has 4 aromatic rings. The highest BCUT2D eigenvalue weighted by molar-refractivity contribution is 7.24. The minimum Gasteiger partial charge on any atom is -0.264 e. The van der Waals surface area contributed by atoms with E-state index in [9.17, 15) is 0 Å². The van der Waals surface area contributed by atoms with Gasteiger partial charge in [0.2, 0.25) is 4.83 Å². The maximum atomic E-state index is 4.44. The van der Waals surface area contributed by atoms with Crippen LogP contribution in [0.3, 0.4) is 0 Å². The van der Waals surface area contributed by atoms with E-state index in [1.54, 1.807) is 11.3 Å². The molecule has 0 N–H and O–H groups in total. The highest BCUT2D eigenvalue weighted by Gasteiger charge is 2.31. The Morgan fingerprint density at radius 1 is 1.26 bits per heavy atom. The lowest BCUT2D eigenvalue weighted by atomic mass is 10.1. The molecule has 0 bridgehead atoms. The van der Waals surface area contributed by atoms with Crippen LogP contribution in [0.25, 0.3) is 26.4 Å². The van der Waals surface area contributed by atoms with Crippen molar-refractivity contribution in [3.05, 3.63) is 48.7 Å². The van der Waals surface area contributed by atoms with Gasteiger partial charge in [0.1, 0.15) is 6.54 Å². The summed E-state index contributed by atoms with van der Waals surface area (Å²) >= 11 is 1.74. The van der Waals surface area contributed by atoms with Gasteiger partial charge in [0, 0.05) is 24.2 Å². The third kappa shape index (κ3) is 1.11.